The molecule has 0 fully saturated rings. The first-order valence-electron chi connectivity index (χ1n) is 8.00. The van der Waals surface area contributed by atoms with Crippen molar-refractivity contribution in [2.75, 3.05) is 7.11 Å². The summed E-state index contributed by atoms with van der Waals surface area (Å²) in [6.07, 6.45) is 0. The molecule has 0 amide bonds. The van der Waals surface area contributed by atoms with E-state index in [1.165, 1.54) is 30.3 Å². The van der Waals surface area contributed by atoms with Gasteiger partial charge in [-0.15, -0.1) is 0 Å². The van der Waals surface area contributed by atoms with E-state index in [1.54, 1.807) is 25.3 Å². The van der Waals surface area contributed by atoms with E-state index < -0.39 is 17.5 Å². The third-order valence-corrected chi connectivity index (χ3v) is 4.15. The molecular weight excluding hydrogens is 341 g/mol. The molecule has 0 bridgehead atoms. The number of hydrogen-bond donors (Lipinski definition) is 0. The van der Waals surface area contributed by atoms with Crippen LogP contribution in [-0.4, -0.2) is 7.11 Å². The maximum Gasteiger partial charge on any atom is 0.166 e. The van der Waals surface area contributed by atoms with E-state index in [0.717, 1.165) is 11.6 Å². The van der Waals surface area contributed by atoms with Crippen molar-refractivity contribution in [3.63, 3.8) is 0 Å². The Morgan fingerprint density at radius 1 is 0.846 bits per heavy atom. The summed E-state index contributed by atoms with van der Waals surface area (Å²) in [4.78, 5) is 0. The van der Waals surface area contributed by atoms with Crippen molar-refractivity contribution >= 4 is 0 Å². The zero-order valence-electron chi connectivity index (χ0n) is 14.4. The van der Waals surface area contributed by atoms with Gasteiger partial charge in [0.05, 0.1) is 7.11 Å². The van der Waals surface area contributed by atoms with Crippen molar-refractivity contribution in [2.45, 2.75) is 13.5 Å². The van der Waals surface area contributed by atoms with Gasteiger partial charge in [-0.1, -0.05) is 24.3 Å². The number of hydrogen-bond acceptors (Lipinski definition) is 2. The van der Waals surface area contributed by atoms with Crippen LogP contribution in [0.15, 0.2) is 54.6 Å². The molecular formula is C21H17F3O2. The van der Waals surface area contributed by atoms with Gasteiger partial charge in [-0.25, -0.2) is 13.2 Å². The van der Waals surface area contributed by atoms with Crippen molar-refractivity contribution in [1.82, 2.24) is 0 Å². The number of methoxy groups -OCH3 is 1. The standard InChI is InChI=1S/C21H17F3O2/c1-13-19(25-2)7-4-8-20(13)26-12-15-11-14(9-10-17(15)22)16-5-3-6-18(23)21(16)24/h3-11H,12H2,1-2H3. The normalized spacial score (nSPS) is 10.7. The van der Waals surface area contributed by atoms with Crippen LogP contribution in [0.1, 0.15) is 11.1 Å². The van der Waals surface area contributed by atoms with E-state index in [1.807, 2.05) is 6.92 Å². The van der Waals surface area contributed by atoms with Crippen LogP contribution in [0.4, 0.5) is 13.2 Å². The van der Waals surface area contributed by atoms with Crippen LogP contribution in [0.2, 0.25) is 0 Å². The van der Waals surface area contributed by atoms with Crippen LogP contribution in [0.3, 0.4) is 0 Å². The Bertz CT molecular complexity index is 939. The van der Waals surface area contributed by atoms with E-state index in [4.69, 9.17) is 9.47 Å². The fraction of sp³-hybridized carbons (Fsp3) is 0.143. The first kappa shape index (κ1) is 17.9. The fourth-order valence-corrected chi connectivity index (χ4v) is 2.71. The number of benzene rings is 3. The minimum Gasteiger partial charge on any atom is -0.496 e. The molecule has 0 N–H and O–H groups in total. The Morgan fingerprint density at radius 3 is 2.35 bits per heavy atom. The monoisotopic (exact) mass is 358 g/mol. The molecule has 5 heteroatoms. The van der Waals surface area contributed by atoms with Crippen LogP contribution in [-0.2, 0) is 6.61 Å². The lowest BCUT2D eigenvalue weighted by molar-refractivity contribution is 0.295. The van der Waals surface area contributed by atoms with Crippen molar-refractivity contribution in [1.29, 1.82) is 0 Å². The molecule has 3 aromatic rings. The minimum atomic E-state index is -0.963. The van der Waals surface area contributed by atoms with Crippen molar-refractivity contribution < 1.29 is 22.6 Å². The largest absolute Gasteiger partial charge is 0.496 e. The van der Waals surface area contributed by atoms with Gasteiger partial charge in [-0.05, 0) is 42.8 Å². The highest BCUT2D eigenvalue weighted by Crippen LogP contribution is 2.29. The Balaban J connectivity index is 1.88. The Hall–Kier alpha value is -2.95. The SMILES string of the molecule is COc1cccc(OCc2cc(-c3cccc(F)c3F)ccc2F)c1C. The molecule has 0 aliphatic carbocycles. The summed E-state index contributed by atoms with van der Waals surface area (Å²) in [5, 5.41) is 0. The van der Waals surface area contributed by atoms with Gasteiger partial charge in [0, 0.05) is 16.7 Å². The molecule has 0 unspecified atom stereocenters. The highest BCUT2D eigenvalue weighted by Gasteiger charge is 2.13. The van der Waals surface area contributed by atoms with Crippen molar-refractivity contribution in [3.8, 4) is 22.6 Å². The van der Waals surface area contributed by atoms with Gasteiger partial charge in [-0.2, -0.15) is 0 Å². The summed E-state index contributed by atoms with van der Waals surface area (Å²) in [6, 6.07) is 13.3. The molecule has 0 aliphatic rings. The summed E-state index contributed by atoms with van der Waals surface area (Å²) in [6.45, 7) is 1.79. The van der Waals surface area contributed by atoms with E-state index in [0.29, 0.717) is 17.1 Å². The van der Waals surface area contributed by atoms with E-state index in [-0.39, 0.29) is 17.7 Å². The lowest BCUT2D eigenvalue weighted by Gasteiger charge is -2.13. The van der Waals surface area contributed by atoms with Gasteiger partial charge in [-0.3, -0.25) is 0 Å². The van der Waals surface area contributed by atoms with Crippen LogP contribution >= 0.6 is 0 Å². The first-order valence-corrected chi connectivity index (χ1v) is 8.00. The average Bonchev–Trinajstić information content (AvgIpc) is 2.64. The molecule has 0 radical (unpaired) electrons. The number of halogens is 3. The van der Waals surface area contributed by atoms with Gasteiger partial charge in [0.25, 0.3) is 0 Å². The minimum absolute atomic E-state index is 0.0510. The Morgan fingerprint density at radius 2 is 1.58 bits per heavy atom. The summed E-state index contributed by atoms with van der Waals surface area (Å²) in [7, 11) is 1.56. The van der Waals surface area contributed by atoms with E-state index in [9.17, 15) is 13.2 Å². The first-order chi connectivity index (χ1) is 12.5. The predicted octanol–water partition coefficient (Wildman–Crippen LogP) is 5.67. The molecule has 0 saturated heterocycles. The highest BCUT2D eigenvalue weighted by molar-refractivity contribution is 5.65. The molecule has 0 aliphatic heterocycles. The van der Waals surface area contributed by atoms with Crippen LogP contribution in [0, 0.1) is 24.4 Å². The predicted molar refractivity (Wildman–Crippen MR) is 93.8 cm³/mol. The van der Waals surface area contributed by atoms with Crippen LogP contribution in [0.5, 0.6) is 11.5 Å². The van der Waals surface area contributed by atoms with Gasteiger partial charge >= 0.3 is 0 Å². The molecule has 0 atom stereocenters. The lowest BCUT2D eigenvalue weighted by atomic mass is 10.0. The molecule has 3 rings (SSSR count). The van der Waals surface area contributed by atoms with Crippen LogP contribution < -0.4 is 9.47 Å². The average molecular weight is 358 g/mol. The van der Waals surface area contributed by atoms with Gasteiger partial charge in [0.15, 0.2) is 11.6 Å². The molecule has 26 heavy (non-hydrogen) atoms. The molecule has 0 spiro atoms. The molecule has 0 saturated carbocycles. The van der Waals surface area contributed by atoms with Crippen molar-refractivity contribution in [2.24, 2.45) is 0 Å². The molecule has 3 aromatic carbocycles. The highest BCUT2D eigenvalue weighted by atomic mass is 19.2. The Kier molecular flexibility index (Phi) is 5.16. The molecule has 0 heterocycles. The maximum absolute atomic E-state index is 14.1. The summed E-state index contributed by atoms with van der Waals surface area (Å²) < 4.78 is 52.5. The van der Waals surface area contributed by atoms with Gasteiger partial charge < -0.3 is 9.47 Å². The lowest BCUT2D eigenvalue weighted by Crippen LogP contribution is -2.01. The third-order valence-electron chi connectivity index (χ3n) is 4.15. The van der Waals surface area contributed by atoms with Gasteiger partial charge in [0.2, 0.25) is 0 Å². The second-order valence-corrected chi connectivity index (χ2v) is 5.78. The fourth-order valence-electron chi connectivity index (χ4n) is 2.71. The summed E-state index contributed by atoms with van der Waals surface area (Å²) in [5.41, 5.74) is 1.49. The number of rotatable bonds is 5. The summed E-state index contributed by atoms with van der Waals surface area (Å²) in [5.74, 6) is -1.16. The van der Waals surface area contributed by atoms with E-state index in [2.05, 4.69) is 0 Å². The van der Waals surface area contributed by atoms with E-state index >= 15 is 0 Å². The molecule has 134 valence electrons. The smallest absolute Gasteiger partial charge is 0.166 e. The van der Waals surface area contributed by atoms with Crippen molar-refractivity contribution in [3.05, 3.63) is 83.2 Å². The quantitative estimate of drug-likeness (QED) is 0.585. The van der Waals surface area contributed by atoms with Crippen LogP contribution in [0.25, 0.3) is 11.1 Å². The second-order valence-electron chi connectivity index (χ2n) is 5.78. The zero-order chi connectivity index (χ0) is 18.7. The van der Waals surface area contributed by atoms with Gasteiger partial charge in [0.1, 0.15) is 23.9 Å². The third kappa shape index (κ3) is 3.52. The maximum atomic E-state index is 14.1. The zero-order valence-corrected chi connectivity index (χ0v) is 14.4. The molecule has 0 aromatic heterocycles. The summed E-state index contributed by atoms with van der Waals surface area (Å²) >= 11 is 0. The number of ether oxygens (including phenoxy) is 2. The topological polar surface area (TPSA) is 18.5 Å². The molecule has 2 nitrogen and oxygen atoms in total. The second kappa shape index (κ2) is 7.52. The Labute approximate surface area is 149 Å².